The highest BCUT2D eigenvalue weighted by atomic mass is 35.5. The lowest BCUT2D eigenvalue weighted by atomic mass is 10.6. The van der Waals surface area contributed by atoms with Crippen LogP contribution in [0.25, 0.3) is 0 Å². The molecule has 0 amide bonds. The number of allylic oxidation sites excluding steroid dienone is 1. The van der Waals surface area contributed by atoms with Crippen molar-refractivity contribution in [1.82, 2.24) is 9.78 Å². The lowest BCUT2D eigenvalue weighted by Crippen LogP contribution is -1.97. The van der Waals surface area contributed by atoms with E-state index < -0.39 is 4.92 Å². The molecule has 70 valence electrons. The molecule has 0 N–H and O–H groups in total. The molecule has 0 spiro atoms. The highest BCUT2D eigenvalue weighted by Gasteiger charge is 2.17. The number of aromatic nitrogens is 2. The predicted molar refractivity (Wildman–Crippen MR) is 48.9 cm³/mol. The third-order valence-corrected chi connectivity index (χ3v) is 1.70. The van der Waals surface area contributed by atoms with Gasteiger partial charge in [0, 0.05) is 5.54 Å². The van der Waals surface area contributed by atoms with E-state index >= 15 is 0 Å². The van der Waals surface area contributed by atoms with Gasteiger partial charge in [-0.05, 0) is 11.0 Å². The minimum absolute atomic E-state index is 0.0213. The van der Waals surface area contributed by atoms with Gasteiger partial charge in [-0.25, -0.2) is 0 Å². The summed E-state index contributed by atoms with van der Waals surface area (Å²) in [6.45, 7) is 0.358. The maximum Gasteiger partial charge on any atom is 0.408 e. The Morgan fingerprint density at radius 1 is 1.77 bits per heavy atom. The van der Waals surface area contributed by atoms with E-state index in [1.807, 2.05) is 0 Å². The average molecular weight is 222 g/mol. The zero-order valence-electron chi connectivity index (χ0n) is 6.35. The first-order chi connectivity index (χ1) is 6.15. The van der Waals surface area contributed by atoms with Crippen LogP contribution in [-0.2, 0) is 6.54 Å². The van der Waals surface area contributed by atoms with Crippen molar-refractivity contribution in [3.63, 3.8) is 0 Å². The van der Waals surface area contributed by atoms with Gasteiger partial charge in [-0.2, -0.15) is 4.68 Å². The quantitative estimate of drug-likeness (QED) is 0.581. The van der Waals surface area contributed by atoms with Crippen LogP contribution in [0.1, 0.15) is 0 Å². The minimum Gasteiger partial charge on any atom is -0.358 e. The molecular weight excluding hydrogens is 217 g/mol. The second kappa shape index (κ2) is 4.25. The Hall–Kier alpha value is -1.07. The summed E-state index contributed by atoms with van der Waals surface area (Å²) >= 11 is 10.8. The van der Waals surface area contributed by atoms with Crippen molar-refractivity contribution in [3.8, 4) is 0 Å². The van der Waals surface area contributed by atoms with Crippen LogP contribution in [0.4, 0.5) is 5.82 Å². The molecular formula is C6H5Cl2N3O2. The molecule has 0 saturated heterocycles. The lowest BCUT2D eigenvalue weighted by molar-refractivity contribution is -0.389. The van der Waals surface area contributed by atoms with Crippen molar-refractivity contribution in [2.24, 2.45) is 0 Å². The van der Waals surface area contributed by atoms with Crippen molar-refractivity contribution in [2.75, 3.05) is 0 Å². The third kappa shape index (κ3) is 2.43. The molecule has 0 fully saturated rings. The summed E-state index contributed by atoms with van der Waals surface area (Å²) in [4.78, 5) is 9.67. The molecule has 13 heavy (non-hydrogen) atoms. The molecule has 0 radical (unpaired) electrons. The van der Waals surface area contributed by atoms with E-state index in [0.29, 0.717) is 6.54 Å². The zero-order chi connectivity index (χ0) is 9.84. The van der Waals surface area contributed by atoms with Gasteiger partial charge in [0.1, 0.15) is 0 Å². The number of nitro groups is 1. The van der Waals surface area contributed by atoms with Crippen LogP contribution in [0, 0.1) is 10.1 Å². The van der Waals surface area contributed by atoms with Gasteiger partial charge in [0.15, 0.2) is 5.02 Å². The van der Waals surface area contributed by atoms with Gasteiger partial charge in [0.05, 0.1) is 17.8 Å². The average Bonchev–Trinajstić information content (AvgIpc) is 2.43. The van der Waals surface area contributed by atoms with E-state index in [9.17, 15) is 10.1 Å². The smallest absolute Gasteiger partial charge is 0.358 e. The Labute approximate surface area is 83.7 Å². The van der Waals surface area contributed by atoms with E-state index in [0.717, 1.165) is 0 Å². The van der Waals surface area contributed by atoms with Crippen molar-refractivity contribution in [3.05, 3.63) is 32.9 Å². The number of hydrogen-bond donors (Lipinski definition) is 0. The van der Waals surface area contributed by atoms with E-state index in [1.54, 1.807) is 6.08 Å². The first-order valence-corrected chi connectivity index (χ1v) is 4.09. The van der Waals surface area contributed by atoms with Gasteiger partial charge in [-0.15, -0.1) is 0 Å². The predicted octanol–water partition coefficient (Wildman–Crippen LogP) is 2.20. The Morgan fingerprint density at radius 2 is 2.46 bits per heavy atom. The Bertz CT molecular complexity index is 348. The topological polar surface area (TPSA) is 61.0 Å². The molecule has 0 aliphatic heterocycles. The summed E-state index contributed by atoms with van der Waals surface area (Å²) in [5.41, 5.74) is 1.31. The molecule has 0 aliphatic rings. The molecule has 7 heteroatoms. The van der Waals surface area contributed by atoms with Gasteiger partial charge in [-0.3, -0.25) is 0 Å². The molecule has 0 aromatic carbocycles. The summed E-state index contributed by atoms with van der Waals surface area (Å²) < 4.78 is 1.33. The summed E-state index contributed by atoms with van der Waals surface area (Å²) in [6.07, 6.45) is 2.96. The largest absolute Gasteiger partial charge is 0.408 e. The highest BCUT2D eigenvalue weighted by Crippen LogP contribution is 2.20. The summed E-state index contributed by atoms with van der Waals surface area (Å²) in [5.74, 6) is -0.343. The fraction of sp³-hybridized carbons (Fsp3) is 0.167. The van der Waals surface area contributed by atoms with Crippen LogP contribution in [0.2, 0.25) is 5.02 Å². The third-order valence-electron chi connectivity index (χ3n) is 1.25. The number of rotatable bonds is 3. The minimum atomic E-state index is -0.636. The fourth-order valence-corrected chi connectivity index (χ4v) is 1.05. The first-order valence-electron chi connectivity index (χ1n) is 3.27. The van der Waals surface area contributed by atoms with Crippen molar-refractivity contribution >= 4 is 29.0 Å². The molecule has 0 unspecified atom stereocenters. The normalized spacial score (nSPS) is 10.9. The summed E-state index contributed by atoms with van der Waals surface area (Å²) in [7, 11) is 0. The van der Waals surface area contributed by atoms with Crippen molar-refractivity contribution in [2.45, 2.75) is 6.54 Å². The van der Waals surface area contributed by atoms with Gasteiger partial charge in [-0.1, -0.05) is 23.2 Å². The monoisotopic (exact) mass is 221 g/mol. The summed E-state index contributed by atoms with van der Waals surface area (Å²) in [6, 6.07) is 0. The molecule has 0 atom stereocenters. The number of halogens is 2. The van der Waals surface area contributed by atoms with E-state index in [2.05, 4.69) is 5.10 Å². The Balaban J connectivity index is 2.88. The maximum atomic E-state index is 10.3. The van der Waals surface area contributed by atoms with Gasteiger partial charge < -0.3 is 10.1 Å². The van der Waals surface area contributed by atoms with Gasteiger partial charge in [0.2, 0.25) is 0 Å². The fourth-order valence-electron chi connectivity index (χ4n) is 0.752. The second-order valence-electron chi connectivity index (χ2n) is 2.14. The maximum absolute atomic E-state index is 10.3. The van der Waals surface area contributed by atoms with Crippen LogP contribution in [-0.4, -0.2) is 14.7 Å². The van der Waals surface area contributed by atoms with Crippen LogP contribution in [0.3, 0.4) is 0 Å². The molecule has 0 saturated carbocycles. The summed E-state index contributed by atoms with van der Waals surface area (Å²) in [5, 5.41) is 14.0. The molecule has 1 aromatic heterocycles. The molecule has 1 rings (SSSR count). The molecule has 5 nitrogen and oxygen atoms in total. The van der Waals surface area contributed by atoms with E-state index in [1.165, 1.54) is 16.4 Å². The van der Waals surface area contributed by atoms with E-state index in [-0.39, 0.29) is 10.8 Å². The Kier molecular flexibility index (Phi) is 3.27. The van der Waals surface area contributed by atoms with Crippen LogP contribution < -0.4 is 0 Å². The number of hydrogen-bond acceptors (Lipinski definition) is 3. The van der Waals surface area contributed by atoms with Gasteiger partial charge >= 0.3 is 5.82 Å². The second-order valence-corrected chi connectivity index (χ2v) is 2.80. The molecule has 0 bridgehead atoms. The highest BCUT2D eigenvalue weighted by molar-refractivity contribution is 6.32. The molecule has 1 aromatic rings. The van der Waals surface area contributed by atoms with E-state index in [4.69, 9.17) is 23.2 Å². The van der Waals surface area contributed by atoms with Gasteiger partial charge in [0.25, 0.3) is 0 Å². The van der Waals surface area contributed by atoms with Crippen LogP contribution in [0.15, 0.2) is 17.8 Å². The van der Waals surface area contributed by atoms with Crippen LogP contribution >= 0.6 is 23.2 Å². The SMILES string of the molecule is O=[N+]([O-])c1nn(CC=CCl)cc1Cl. The zero-order valence-corrected chi connectivity index (χ0v) is 7.87. The number of nitrogens with zero attached hydrogens (tertiary/aromatic N) is 3. The Morgan fingerprint density at radius 3 is 2.92 bits per heavy atom. The van der Waals surface area contributed by atoms with Crippen molar-refractivity contribution in [1.29, 1.82) is 0 Å². The van der Waals surface area contributed by atoms with Crippen LogP contribution in [0.5, 0.6) is 0 Å². The first kappa shape index (κ1) is 10.0. The lowest BCUT2D eigenvalue weighted by Gasteiger charge is -1.86. The molecule has 1 heterocycles. The standard InChI is InChI=1S/C6H5Cl2N3O2/c7-2-1-3-10-4-5(8)6(9-10)11(12)13/h1-2,4H,3H2. The van der Waals surface area contributed by atoms with Crippen molar-refractivity contribution < 1.29 is 4.92 Å². The molecule has 0 aliphatic carbocycles.